The van der Waals surface area contributed by atoms with Crippen LogP contribution in [0.25, 0.3) is 0 Å². The van der Waals surface area contributed by atoms with Crippen molar-refractivity contribution in [3.63, 3.8) is 0 Å². The van der Waals surface area contributed by atoms with Crippen molar-refractivity contribution >= 4 is 27.3 Å². The van der Waals surface area contributed by atoms with E-state index in [1.807, 2.05) is 48.3 Å². The SMILES string of the molecule is COc1cccc(N(C)c2cc(Br)ccc2C#N)c1. The van der Waals surface area contributed by atoms with Gasteiger partial charge in [0.25, 0.3) is 0 Å². The first-order valence-electron chi connectivity index (χ1n) is 5.73. The molecule has 0 amide bonds. The zero-order chi connectivity index (χ0) is 13.8. The molecule has 0 bridgehead atoms. The van der Waals surface area contributed by atoms with Crippen molar-refractivity contribution in [1.82, 2.24) is 0 Å². The Balaban J connectivity index is 2.46. The molecule has 0 aliphatic rings. The molecule has 2 aromatic rings. The lowest BCUT2D eigenvalue weighted by Gasteiger charge is -2.21. The van der Waals surface area contributed by atoms with Gasteiger partial charge in [0, 0.05) is 23.3 Å². The number of anilines is 2. The standard InChI is InChI=1S/C15H13BrN2O/c1-18(13-4-3-5-14(9-13)19-2)15-8-12(16)7-6-11(15)10-17/h3-9H,1-2H3. The normalized spacial score (nSPS) is 9.79. The number of methoxy groups -OCH3 is 1. The highest BCUT2D eigenvalue weighted by molar-refractivity contribution is 9.10. The third kappa shape index (κ3) is 2.88. The molecule has 3 nitrogen and oxygen atoms in total. The quantitative estimate of drug-likeness (QED) is 0.855. The number of hydrogen-bond acceptors (Lipinski definition) is 3. The molecule has 0 radical (unpaired) electrons. The van der Waals surface area contributed by atoms with Crippen LogP contribution in [0.2, 0.25) is 0 Å². The summed E-state index contributed by atoms with van der Waals surface area (Å²) in [5, 5.41) is 9.19. The van der Waals surface area contributed by atoms with Gasteiger partial charge in [0.1, 0.15) is 11.8 Å². The summed E-state index contributed by atoms with van der Waals surface area (Å²) in [6.07, 6.45) is 0. The molecule has 0 heterocycles. The van der Waals surface area contributed by atoms with Crippen LogP contribution < -0.4 is 9.64 Å². The number of rotatable bonds is 3. The molecule has 0 saturated carbocycles. The first-order chi connectivity index (χ1) is 9.15. The number of nitriles is 1. The second-order valence-electron chi connectivity index (χ2n) is 4.03. The van der Waals surface area contributed by atoms with E-state index in [9.17, 15) is 5.26 Å². The highest BCUT2D eigenvalue weighted by Gasteiger charge is 2.10. The molecule has 4 heteroatoms. The molecule has 0 aliphatic carbocycles. The minimum Gasteiger partial charge on any atom is -0.497 e. The van der Waals surface area contributed by atoms with Gasteiger partial charge in [-0.15, -0.1) is 0 Å². The Morgan fingerprint density at radius 1 is 1.21 bits per heavy atom. The Kier molecular flexibility index (Phi) is 4.08. The smallest absolute Gasteiger partial charge is 0.120 e. The summed E-state index contributed by atoms with van der Waals surface area (Å²) in [6, 6.07) is 15.5. The highest BCUT2D eigenvalue weighted by Crippen LogP contribution is 2.31. The van der Waals surface area contributed by atoms with Crippen molar-refractivity contribution in [2.75, 3.05) is 19.1 Å². The molecule has 2 aromatic carbocycles. The Morgan fingerprint density at radius 3 is 2.68 bits per heavy atom. The summed E-state index contributed by atoms with van der Waals surface area (Å²) in [5.41, 5.74) is 2.45. The average molecular weight is 317 g/mol. The largest absolute Gasteiger partial charge is 0.497 e. The van der Waals surface area contributed by atoms with E-state index in [0.717, 1.165) is 21.6 Å². The van der Waals surface area contributed by atoms with Crippen LogP contribution in [-0.2, 0) is 0 Å². The first kappa shape index (κ1) is 13.4. The lowest BCUT2D eigenvalue weighted by Crippen LogP contribution is -2.11. The summed E-state index contributed by atoms with van der Waals surface area (Å²) in [6.45, 7) is 0. The van der Waals surface area contributed by atoms with Crippen LogP contribution in [0.4, 0.5) is 11.4 Å². The van der Waals surface area contributed by atoms with Crippen molar-refractivity contribution in [2.24, 2.45) is 0 Å². The Bertz CT molecular complexity index is 634. The van der Waals surface area contributed by atoms with Gasteiger partial charge in [-0.05, 0) is 30.3 Å². The zero-order valence-corrected chi connectivity index (χ0v) is 12.3. The van der Waals surface area contributed by atoms with Crippen molar-refractivity contribution in [2.45, 2.75) is 0 Å². The predicted molar refractivity (Wildman–Crippen MR) is 79.9 cm³/mol. The van der Waals surface area contributed by atoms with Crippen molar-refractivity contribution in [3.8, 4) is 11.8 Å². The molecule has 0 fully saturated rings. The molecule has 0 aliphatic heterocycles. The fourth-order valence-electron chi connectivity index (χ4n) is 1.84. The fourth-order valence-corrected chi connectivity index (χ4v) is 2.18. The lowest BCUT2D eigenvalue weighted by atomic mass is 10.1. The minimum atomic E-state index is 0.633. The van der Waals surface area contributed by atoms with Gasteiger partial charge in [0.05, 0.1) is 18.4 Å². The van der Waals surface area contributed by atoms with Crippen LogP contribution in [-0.4, -0.2) is 14.2 Å². The Labute approximate surface area is 121 Å². The number of ether oxygens (including phenoxy) is 1. The van der Waals surface area contributed by atoms with Crippen molar-refractivity contribution < 1.29 is 4.74 Å². The molecule has 2 rings (SSSR count). The Hall–Kier alpha value is -1.99. The molecule has 96 valence electrons. The maximum atomic E-state index is 9.19. The van der Waals surface area contributed by atoms with Crippen molar-refractivity contribution in [3.05, 3.63) is 52.5 Å². The van der Waals surface area contributed by atoms with E-state index >= 15 is 0 Å². The molecule has 0 atom stereocenters. The average Bonchev–Trinajstić information content (AvgIpc) is 2.46. The minimum absolute atomic E-state index is 0.633. The number of nitrogens with zero attached hydrogens (tertiary/aromatic N) is 2. The lowest BCUT2D eigenvalue weighted by molar-refractivity contribution is 0.415. The third-order valence-electron chi connectivity index (χ3n) is 2.88. The molecule has 0 N–H and O–H groups in total. The molecule has 0 unspecified atom stereocenters. The van der Waals surface area contributed by atoms with Crippen LogP contribution in [0.15, 0.2) is 46.9 Å². The second-order valence-corrected chi connectivity index (χ2v) is 4.95. The Morgan fingerprint density at radius 2 is 2.00 bits per heavy atom. The van der Waals surface area contributed by atoms with E-state index in [1.54, 1.807) is 13.2 Å². The monoisotopic (exact) mass is 316 g/mol. The summed E-state index contributed by atoms with van der Waals surface area (Å²) in [4.78, 5) is 1.96. The van der Waals surface area contributed by atoms with E-state index in [1.165, 1.54) is 0 Å². The maximum Gasteiger partial charge on any atom is 0.120 e. The number of hydrogen-bond donors (Lipinski definition) is 0. The van der Waals surface area contributed by atoms with Crippen LogP contribution >= 0.6 is 15.9 Å². The van der Waals surface area contributed by atoms with E-state index in [4.69, 9.17) is 4.74 Å². The van der Waals surface area contributed by atoms with Gasteiger partial charge in [-0.1, -0.05) is 22.0 Å². The predicted octanol–water partition coefficient (Wildman–Crippen LogP) is 4.10. The van der Waals surface area contributed by atoms with Gasteiger partial charge in [0.2, 0.25) is 0 Å². The van der Waals surface area contributed by atoms with Gasteiger partial charge in [-0.3, -0.25) is 0 Å². The van der Waals surface area contributed by atoms with Gasteiger partial charge < -0.3 is 9.64 Å². The van der Waals surface area contributed by atoms with Crippen LogP contribution in [0.3, 0.4) is 0 Å². The summed E-state index contributed by atoms with van der Waals surface area (Å²) in [5.74, 6) is 0.790. The molecule has 0 aromatic heterocycles. The third-order valence-corrected chi connectivity index (χ3v) is 3.38. The molecular weight excluding hydrogens is 304 g/mol. The number of halogens is 1. The number of benzene rings is 2. The summed E-state index contributed by atoms with van der Waals surface area (Å²) >= 11 is 3.43. The van der Waals surface area contributed by atoms with Gasteiger partial charge >= 0.3 is 0 Å². The van der Waals surface area contributed by atoms with Gasteiger partial charge in [-0.25, -0.2) is 0 Å². The summed E-state index contributed by atoms with van der Waals surface area (Å²) in [7, 11) is 3.57. The zero-order valence-electron chi connectivity index (χ0n) is 10.7. The topological polar surface area (TPSA) is 36.3 Å². The van der Waals surface area contributed by atoms with E-state index in [2.05, 4.69) is 22.0 Å². The highest BCUT2D eigenvalue weighted by atomic mass is 79.9. The van der Waals surface area contributed by atoms with E-state index in [-0.39, 0.29) is 0 Å². The van der Waals surface area contributed by atoms with Crippen molar-refractivity contribution in [1.29, 1.82) is 5.26 Å². The molecule has 0 saturated heterocycles. The molecule has 19 heavy (non-hydrogen) atoms. The van der Waals surface area contributed by atoms with Gasteiger partial charge in [-0.2, -0.15) is 5.26 Å². The maximum absolute atomic E-state index is 9.19. The van der Waals surface area contributed by atoms with Crippen LogP contribution in [0.1, 0.15) is 5.56 Å². The summed E-state index contributed by atoms with van der Waals surface area (Å²) < 4.78 is 6.16. The van der Waals surface area contributed by atoms with Gasteiger partial charge in [0.15, 0.2) is 0 Å². The van der Waals surface area contributed by atoms with Crippen LogP contribution in [0, 0.1) is 11.3 Å². The fraction of sp³-hybridized carbons (Fsp3) is 0.133. The van der Waals surface area contributed by atoms with E-state index < -0.39 is 0 Å². The molecule has 0 spiro atoms. The molecular formula is C15H13BrN2O. The van der Waals surface area contributed by atoms with Crippen LogP contribution in [0.5, 0.6) is 5.75 Å². The first-order valence-corrected chi connectivity index (χ1v) is 6.52. The van der Waals surface area contributed by atoms with E-state index in [0.29, 0.717) is 5.56 Å². The second kappa shape index (κ2) is 5.77.